The fraction of sp³-hybridized carbons (Fsp3) is 0.720. The monoisotopic (exact) mass is 402 g/mol. The number of ether oxygens (including phenoxy) is 3. The second-order valence-corrected chi connectivity index (χ2v) is 10.3. The van der Waals surface area contributed by atoms with E-state index in [9.17, 15) is 4.79 Å². The Hall–Kier alpha value is -1.55. The number of carbonyl (C=O) groups is 1. The normalized spacial score (nSPS) is 30.7. The van der Waals surface area contributed by atoms with Crippen molar-refractivity contribution in [2.24, 2.45) is 23.2 Å². The molecule has 0 spiro atoms. The number of Topliss-reactive ketones (excluding diaryl/α,β-unsaturated/α-hetero) is 1. The number of hydrogen-bond acceptors (Lipinski definition) is 4. The molecule has 0 unspecified atom stereocenters. The minimum Gasteiger partial charge on any atom is -0.497 e. The van der Waals surface area contributed by atoms with Crippen molar-refractivity contribution in [1.29, 1.82) is 0 Å². The van der Waals surface area contributed by atoms with E-state index in [0.717, 1.165) is 42.7 Å². The van der Waals surface area contributed by atoms with Gasteiger partial charge < -0.3 is 14.2 Å². The lowest BCUT2D eigenvalue weighted by molar-refractivity contribution is -0.146. The van der Waals surface area contributed by atoms with Crippen LogP contribution in [-0.4, -0.2) is 31.7 Å². The van der Waals surface area contributed by atoms with E-state index < -0.39 is 0 Å². The van der Waals surface area contributed by atoms with Crippen LogP contribution in [0.4, 0.5) is 0 Å². The summed E-state index contributed by atoms with van der Waals surface area (Å²) in [5.74, 6) is 2.80. The molecule has 0 aliphatic heterocycles. The van der Waals surface area contributed by atoms with Crippen molar-refractivity contribution in [2.75, 3.05) is 14.2 Å². The highest BCUT2D eigenvalue weighted by molar-refractivity contribution is 5.82. The summed E-state index contributed by atoms with van der Waals surface area (Å²) in [6.07, 6.45) is 4.86. The predicted octanol–water partition coefficient (Wildman–Crippen LogP) is 5.46. The second kappa shape index (κ2) is 8.29. The Morgan fingerprint density at radius 2 is 1.72 bits per heavy atom. The van der Waals surface area contributed by atoms with Gasteiger partial charge in [0.25, 0.3) is 0 Å². The van der Waals surface area contributed by atoms with Crippen LogP contribution in [0.3, 0.4) is 0 Å². The lowest BCUT2D eigenvalue weighted by Gasteiger charge is -2.47. The molecule has 0 aromatic heterocycles. The quantitative estimate of drug-likeness (QED) is 0.634. The average Bonchev–Trinajstić information content (AvgIpc) is 2.96. The van der Waals surface area contributed by atoms with Gasteiger partial charge in [0.2, 0.25) is 0 Å². The summed E-state index contributed by atoms with van der Waals surface area (Å²) < 4.78 is 17.3. The van der Waals surface area contributed by atoms with E-state index in [1.54, 1.807) is 14.2 Å². The van der Waals surface area contributed by atoms with Gasteiger partial charge in [0.15, 0.2) is 0 Å². The third-order valence-electron chi connectivity index (χ3n) is 7.12. The van der Waals surface area contributed by atoms with Crippen molar-refractivity contribution in [3.63, 3.8) is 0 Å². The molecule has 2 saturated carbocycles. The summed E-state index contributed by atoms with van der Waals surface area (Å²) in [5, 5.41) is 0. The molecule has 4 heteroatoms. The van der Waals surface area contributed by atoms with Gasteiger partial charge in [-0.1, -0.05) is 13.8 Å². The summed E-state index contributed by atoms with van der Waals surface area (Å²) in [6.45, 7) is 11.0. The lowest BCUT2D eigenvalue weighted by atomic mass is 9.59. The molecule has 4 nitrogen and oxygen atoms in total. The van der Waals surface area contributed by atoms with E-state index in [2.05, 4.69) is 46.8 Å². The number of benzene rings is 1. The van der Waals surface area contributed by atoms with Crippen molar-refractivity contribution in [2.45, 2.75) is 78.4 Å². The van der Waals surface area contributed by atoms with Crippen molar-refractivity contribution in [1.82, 2.24) is 0 Å². The third-order valence-corrected chi connectivity index (χ3v) is 7.12. The number of ketones is 1. The van der Waals surface area contributed by atoms with Crippen LogP contribution in [0.15, 0.2) is 18.2 Å². The van der Waals surface area contributed by atoms with Gasteiger partial charge in [-0.05, 0) is 81.4 Å². The van der Waals surface area contributed by atoms with E-state index in [1.165, 1.54) is 0 Å². The molecule has 0 saturated heterocycles. The molecule has 0 heterocycles. The molecule has 2 aliphatic rings. The van der Waals surface area contributed by atoms with Gasteiger partial charge in [-0.25, -0.2) is 0 Å². The standard InChI is InChI=1S/C25H38O4/c1-16(12-17-13-18(27-6)15-19(14-17)28-7)23-20-8-9-22(29-24(2,3)4)25(20,5)11-10-21(23)26/h13-16,20,22-23H,8-12H2,1-7H3/t16-,20+,22+,23+,25+/m1/s1. The molecular formula is C25H38O4. The van der Waals surface area contributed by atoms with Gasteiger partial charge in [0, 0.05) is 18.4 Å². The molecule has 1 aromatic rings. The van der Waals surface area contributed by atoms with E-state index in [-0.39, 0.29) is 29.0 Å². The summed E-state index contributed by atoms with van der Waals surface area (Å²) in [7, 11) is 3.35. The zero-order valence-electron chi connectivity index (χ0n) is 19.2. The fourth-order valence-corrected chi connectivity index (χ4v) is 5.77. The number of methoxy groups -OCH3 is 2. The molecule has 2 fully saturated rings. The molecule has 162 valence electrons. The lowest BCUT2D eigenvalue weighted by Crippen LogP contribution is -2.48. The largest absolute Gasteiger partial charge is 0.497 e. The molecule has 3 rings (SSSR count). The second-order valence-electron chi connectivity index (χ2n) is 10.3. The molecule has 0 N–H and O–H groups in total. The molecule has 0 amide bonds. The first-order valence-electron chi connectivity index (χ1n) is 11.0. The first-order chi connectivity index (χ1) is 13.6. The topological polar surface area (TPSA) is 44.8 Å². The summed E-state index contributed by atoms with van der Waals surface area (Å²) in [4.78, 5) is 13.1. The summed E-state index contributed by atoms with van der Waals surface area (Å²) in [6, 6.07) is 6.01. The number of fused-ring (bicyclic) bond motifs is 1. The van der Waals surface area contributed by atoms with Crippen molar-refractivity contribution in [3.05, 3.63) is 23.8 Å². The minimum atomic E-state index is -0.151. The Labute approximate surface area is 176 Å². The van der Waals surface area contributed by atoms with Crippen LogP contribution in [0.2, 0.25) is 0 Å². The zero-order chi connectivity index (χ0) is 21.4. The van der Waals surface area contributed by atoms with Crippen LogP contribution in [0, 0.1) is 23.2 Å². The van der Waals surface area contributed by atoms with Gasteiger partial charge in [-0.15, -0.1) is 0 Å². The van der Waals surface area contributed by atoms with E-state index in [4.69, 9.17) is 14.2 Å². The molecule has 0 bridgehead atoms. The number of rotatable bonds is 6. The Morgan fingerprint density at radius 1 is 1.10 bits per heavy atom. The van der Waals surface area contributed by atoms with Gasteiger partial charge >= 0.3 is 0 Å². The third kappa shape index (κ3) is 4.63. The van der Waals surface area contributed by atoms with Crippen molar-refractivity contribution >= 4 is 5.78 Å². The average molecular weight is 403 g/mol. The first kappa shape index (κ1) is 22.1. The molecule has 5 atom stereocenters. The highest BCUT2D eigenvalue weighted by atomic mass is 16.5. The summed E-state index contributed by atoms with van der Waals surface area (Å²) >= 11 is 0. The van der Waals surface area contributed by atoms with Crippen LogP contribution in [0.25, 0.3) is 0 Å². The van der Waals surface area contributed by atoms with Gasteiger partial charge in [0.1, 0.15) is 17.3 Å². The zero-order valence-corrected chi connectivity index (χ0v) is 19.2. The van der Waals surface area contributed by atoms with E-state index >= 15 is 0 Å². The fourth-order valence-electron chi connectivity index (χ4n) is 5.77. The van der Waals surface area contributed by atoms with Crippen LogP contribution in [-0.2, 0) is 16.0 Å². The molecular weight excluding hydrogens is 364 g/mol. The highest BCUT2D eigenvalue weighted by Crippen LogP contribution is 2.57. The van der Waals surface area contributed by atoms with Crippen molar-refractivity contribution in [3.8, 4) is 11.5 Å². The van der Waals surface area contributed by atoms with Crippen LogP contribution in [0.5, 0.6) is 11.5 Å². The summed E-state index contributed by atoms with van der Waals surface area (Å²) in [5.41, 5.74) is 1.10. The Kier molecular flexibility index (Phi) is 6.33. The highest BCUT2D eigenvalue weighted by Gasteiger charge is 2.56. The molecule has 0 radical (unpaired) electrons. The maximum absolute atomic E-state index is 13.1. The van der Waals surface area contributed by atoms with Gasteiger partial charge in [-0.3, -0.25) is 4.79 Å². The molecule has 1 aromatic carbocycles. The Bertz CT molecular complexity index is 713. The van der Waals surface area contributed by atoms with Crippen LogP contribution >= 0.6 is 0 Å². The number of hydrogen-bond donors (Lipinski definition) is 0. The first-order valence-corrected chi connectivity index (χ1v) is 11.0. The Morgan fingerprint density at radius 3 is 2.28 bits per heavy atom. The Balaban J connectivity index is 1.81. The van der Waals surface area contributed by atoms with Gasteiger partial charge in [0.05, 0.1) is 25.9 Å². The maximum Gasteiger partial charge on any atom is 0.136 e. The minimum absolute atomic E-state index is 0.0895. The SMILES string of the molecule is COc1cc(C[C@@H](C)[C@@H]2C(=O)CC[C@]3(C)[C@@H](OC(C)(C)C)CC[C@@H]23)cc(OC)c1. The van der Waals surface area contributed by atoms with Crippen molar-refractivity contribution < 1.29 is 19.0 Å². The molecule has 29 heavy (non-hydrogen) atoms. The van der Waals surface area contributed by atoms with Gasteiger partial charge in [-0.2, -0.15) is 0 Å². The van der Waals surface area contributed by atoms with Crippen LogP contribution < -0.4 is 9.47 Å². The van der Waals surface area contributed by atoms with E-state index in [1.807, 2.05) is 6.07 Å². The molecule has 2 aliphatic carbocycles. The number of carbonyl (C=O) groups excluding carboxylic acids is 1. The van der Waals surface area contributed by atoms with E-state index in [0.29, 0.717) is 18.1 Å². The maximum atomic E-state index is 13.1. The van der Waals surface area contributed by atoms with Crippen LogP contribution in [0.1, 0.15) is 65.9 Å². The predicted molar refractivity (Wildman–Crippen MR) is 116 cm³/mol. The smallest absolute Gasteiger partial charge is 0.136 e.